The van der Waals surface area contributed by atoms with Gasteiger partial charge in [-0.3, -0.25) is 4.68 Å². The van der Waals surface area contributed by atoms with Crippen LogP contribution in [0.4, 0.5) is 0 Å². The molecule has 102 valence electrons. The van der Waals surface area contributed by atoms with Gasteiger partial charge in [-0.1, -0.05) is 5.21 Å². The average Bonchev–Trinajstić information content (AvgIpc) is 2.83. The van der Waals surface area contributed by atoms with Crippen LogP contribution < -0.4 is 15.2 Å². The molecule has 2 rings (SSSR count). The lowest BCUT2D eigenvalue weighted by molar-refractivity contribution is 0.297. The molecule has 0 bridgehead atoms. The minimum atomic E-state index is 0.387. The van der Waals surface area contributed by atoms with Crippen LogP contribution in [0.25, 0.3) is 0 Å². The number of aryl methyl sites for hydroxylation is 1. The highest BCUT2D eigenvalue weighted by Crippen LogP contribution is 2.25. The summed E-state index contributed by atoms with van der Waals surface area (Å²) in [6.45, 7) is 0.951. The molecular formula is C13H18N4O2. The molecule has 0 saturated carbocycles. The van der Waals surface area contributed by atoms with Gasteiger partial charge in [0.05, 0.1) is 13.3 Å². The van der Waals surface area contributed by atoms with Crippen LogP contribution >= 0.6 is 0 Å². The van der Waals surface area contributed by atoms with Crippen molar-refractivity contribution in [2.24, 2.45) is 12.8 Å². The van der Waals surface area contributed by atoms with E-state index in [2.05, 4.69) is 10.3 Å². The van der Waals surface area contributed by atoms with Gasteiger partial charge in [-0.15, -0.1) is 5.10 Å². The maximum Gasteiger partial charge on any atom is 0.134 e. The number of ether oxygens (including phenoxy) is 2. The fourth-order valence-electron chi connectivity index (χ4n) is 1.79. The molecule has 2 N–H and O–H groups in total. The van der Waals surface area contributed by atoms with Crippen molar-refractivity contribution in [2.75, 3.05) is 13.7 Å². The zero-order valence-corrected chi connectivity index (χ0v) is 11.2. The summed E-state index contributed by atoms with van der Waals surface area (Å²) >= 11 is 0. The topological polar surface area (TPSA) is 75.2 Å². The Kier molecular flexibility index (Phi) is 4.35. The first-order chi connectivity index (χ1) is 9.22. The van der Waals surface area contributed by atoms with E-state index in [0.717, 1.165) is 29.2 Å². The summed E-state index contributed by atoms with van der Waals surface area (Å²) in [6, 6.07) is 5.70. The summed E-state index contributed by atoms with van der Waals surface area (Å²) in [5.41, 5.74) is 7.43. The fraction of sp³-hybridized carbons (Fsp3) is 0.385. The molecule has 19 heavy (non-hydrogen) atoms. The maximum atomic E-state index is 5.76. The number of hydrogen-bond acceptors (Lipinski definition) is 5. The quantitative estimate of drug-likeness (QED) is 0.837. The molecule has 0 unspecified atom stereocenters. The second-order valence-electron chi connectivity index (χ2n) is 4.18. The minimum absolute atomic E-state index is 0.387. The van der Waals surface area contributed by atoms with Gasteiger partial charge in [-0.25, -0.2) is 0 Å². The Bertz CT molecular complexity index is 539. The van der Waals surface area contributed by atoms with Crippen molar-refractivity contribution < 1.29 is 9.47 Å². The van der Waals surface area contributed by atoms with Gasteiger partial charge >= 0.3 is 0 Å². The maximum absolute atomic E-state index is 5.76. The standard InChI is InChI=1S/C13H18N4O2/c1-17-8-11(15-16-17)9-19-13-4-3-12(18-2)7-10(13)5-6-14/h3-4,7-8H,5-6,9,14H2,1-2H3. The van der Waals surface area contributed by atoms with Gasteiger partial charge in [0.15, 0.2) is 0 Å². The summed E-state index contributed by atoms with van der Waals surface area (Å²) in [7, 11) is 3.46. The normalized spacial score (nSPS) is 10.5. The van der Waals surface area contributed by atoms with E-state index in [1.165, 1.54) is 0 Å². The highest BCUT2D eigenvalue weighted by Gasteiger charge is 2.07. The van der Waals surface area contributed by atoms with E-state index < -0.39 is 0 Å². The summed E-state index contributed by atoms with van der Waals surface area (Å²) < 4.78 is 12.6. The highest BCUT2D eigenvalue weighted by molar-refractivity contribution is 5.40. The predicted octanol–water partition coefficient (Wildman–Crippen LogP) is 0.904. The number of nitrogens with zero attached hydrogens (tertiary/aromatic N) is 3. The number of aromatic nitrogens is 3. The molecule has 1 heterocycles. The van der Waals surface area contributed by atoms with Crippen LogP contribution in [0, 0.1) is 0 Å². The third-order valence-corrected chi connectivity index (χ3v) is 2.71. The third-order valence-electron chi connectivity index (χ3n) is 2.71. The Labute approximate surface area is 112 Å². The van der Waals surface area contributed by atoms with Crippen LogP contribution in [0.1, 0.15) is 11.3 Å². The molecule has 6 heteroatoms. The van der Waals surface area contributed by atoms with E-state index in [1.54, 1.807) is 11.8 Å². The lowest BCUT2D eigenvalue weighted by atomic mass is 10.1. The summed E-state index contributed by atoms with van der Waals surface area (Å²) in [6.07, 6.45) is 2.57. The van der Waals surface area contributed by atoms with Crippen molar-refractivity contribution in [2.45, 2.75) is 13.0 Å². The van der Waals surface area contributed by atoms with Gasteiger partial charge in [0.25, 0.3) is 0 Å². The molecule has 0 saturated heterocycles. The van der Waals surface area contributed by atoms with Gasteiger partial charge in [-0.2, -0.15) is 0 Å². The Morgan fingerprint density at radius 3 is 2.84 bits per heavy atom. The third kappa shape index (κ3) is 3.45. The van der Waals surface area contributed by atoms with E-state index in [1.807, 2.05) is 31.4 Å². The van der Waals surface area contributed by atoms with E-state index >= 15 is 0 Å². The second kappa shape index (κ2) is 6.19. The van der Waals surface area contributed by atoms with Crippen molar-refractivity contribution in [3.63, 3.8) is 0 Å². The fourth-order valence-corrected chi connectivity index (χ4v) is 1.79. The van der Waals surface area contributed by atoms with Crippen LogP contribution in [0.15, 0.2) is 24.4 Å². The monoisotopic (exact) mass is 262 g/mol. The molecule has 6 nitrogen and oxygen atoms in total. The summed E-state index contributed by atoms with van der Waals surface area (Å²) in [4.78, 5) is 0. The zero-order valence-electron chi connectivity index (χ0n) is 11.2. The van der Waals surface area contributed by atoms with Gasteiger partial charge in [-0.05, 0) is 36.7 Å². The summed E-state index contributed by atoms with van der Waals surface area (Å²) in [5, 5.41) is 7.84. The number of hydrogen-bond donors (Lipinski definition) is 1. The largest absolute Gasteiger partial charge is 0.497 e. The van der Waals surface area contributed by atoms with Crippen molar-refractivity contribution in [3.05, 3.63) is 35.7 Å². The van der Waals surface area contributed by atoms with E-state index in [4.69, 9.17) is 15.2 Å². The molecule has 0 spiro atoms. The molecular weight excluding hydrogens is 244 g/mol. The van der Waals surface area contributed by atoms with E-state index in [-0.39, 0.29) is 0 Å². The van der Waals surface area contributed by atoms with Crippen LogP contribution in [0.2, 0.25) is 0 Å². The van der Waals surface area contributed by atoms with Gasteiger partial charge in [0, 0.05) is 7.05 Å². The smallest absolute Gasteiger partial charge is 0.134 e. The van der Waals surface area contributed by atoms with Gasteiger partial charge < -0.3 is 15.2 Å². The molecule has 1 aromatic heterocycles. The van der Waals surface area contributed by atoms with Crippen molar-refractivity contribution in [1.29, 1.82) is 0 Å². The second-order valence-corrected chi connectivity index (χ2v) is 4.18. The Morgan fingerprint density at radius 1 is 1.37 bits per heavy atom. The molecule has 0 aliphatic carbocycles. The first kappa shape index (κ1) is 13.4. The van der Waals surface area contributed by atoms with Crippen molar-refractivity contribution in [3.8, 4) is 11.5 Å². The molecule has 1 aromatic carbocycles. The van der Waals surface area contributed by atoms with Crippen molar-refractivity contribution in [1.82, 2.24) is 15.0 Å². The first-order valence-electron chi connectivity index (χ1n) is 6.08. The molecule has 0 atom stereocenters. The van der Waals surface area contributed by atoms with E-state index in [0.29, 0.717) is 13.2 Å². The minimum Gasteiger partial charge on any atom is -0.497 e. The Balaban J connectivity index is 2.10. The SMILES string of the molecule is COc1ccc(OCc2cn(C)nn2)c(CCN)c1. The van der Waals surface area contributed by atoms with Crippen LogP contribution in [-0.4, -0.2) is 28.6 Å². The van der Waals surface area contributed by atoms with Gasteiger partial charge in [0.2, 0.25) is 0 Å². The van der Waals surface area contributed by atoms with Crippen LogP contribution in [-0.2, 0) is 20.1 Å². The number of methoxy groups -OCH3 is 1. The Hall–Kier alpha value is -2.08. The molecule has 0 aliphatic heterocycles. The van der Waals surface area contributed by atoms with Crippen molar-refractivity contribution >= 4 is 0 Å². The first-order valence-corrected chi connectivity index (χ1v) is 6.08. The van der Waals surface area contributed by atoms with Crippen LogP contribution in [0.5, 0.6) is 11.5 Å². The summed E-state index contributed by atoms with van der Waals surface area (Å²) in [5.74, 6) is 1.60. The van der Waals surface area contributed by atoms with Gasteiger partial charge in [0.1, 0.15) is 23.8 Å². The molecule has 0 fully saturated rings. The average molecular weight is 262 g/mol. The number of rotatable bonds is 6. The molecule has 2 aromatic rings. The highest BCUT2D eigenvalue weighted by atomic mass is 16.5. The number of benzene rings is 1. The molecule has 0 amide bonds. The Morgan fingerprint density at radius 2 is 2.21 bits per heavy atom. The zero-order chi connectivity index (χ0) is 13.7. The molecule has 0 aliphatic rings. The lowest BCUT2D eigenvalue weighted by Gasteiger charge is -2.11. The predicted molar refractivity (Wildman–Crippen MR) is 71.1 cm³/mol. The molecule has 0 radical (unpaired) electrons. The lowest BCUT2D eigenvalue weighted by Crippen LogP contribution is -2.06. The van der Waals surface area contributed by atoms with Crippen LogP contribution in [0.3, 0.4) is 0 Å². The number of nitrogens with two attached hydrogens (primary N) is 1. The van der Waals surface area contributed by atoms with E-state index in [9.17, 15) is 0 Å².